The summed E-state index contributed by atoms with van der Waals surface area (Å²) in [6.07, 6.45) is 0. The van der Waals surface area contributed by atoms with E-state index in [1.165, 1.54) is 0 Å². The summed E-state index contributed by atoms with van der Waals surface area (Å²) in [5.41, 5.74) is 0. The van der Waals surface area contributed by atoms with E-state index >= 15 is 0 Å². The summed E-state index contributed by atoms with van der Waals surface area (Å²) in [6.45, 7) is 0. The highest BCUT2D eigenvalue weighted by atomic mass is 35.5. The lowest BCUT2D eigenvalue weighted by molar-refractivity contribution is 0.394. The summed E-state index contributed by atoms with van der Waals surface area (Å²) < 4.78 is 10.6. The van der Waals surface area contributed by atoms with Gasteiger partial charge in [-0.15, -0.1) is 0 Å². The molecule has 4 heteroatoms. The molecule has 0 heterocycles. The van der Waals surface area contributed by atoms with Crippen LogP contribution in [0.3, 0.4) is 0 Å². The summed E-state index contributed by atoms with van der Waals surface area (Å²) in [5, 5.41) is 0.733. The largest absolute Gasteiger partial charge is 0.497 e. The van der Waals surface area contributed by atoms with Gasteiger partial charge in [-0.25, -0.2) is 0 Å². The third-order valence-electron chi connectivity index (χ3n) is 2.41. The van der Waals surface area contributed by atoms with Gasteiger partial charge in [0.15, 0.2) is 0 Å². The second kappa shape index (κ2) is 6.03. The van der Waals surface area contributed by atoms with Gasteiger partial charge in [0, 0.05) is 9.92 Å². The summed E-state index contributed by atoms with van der Waals surface area (Å²) in [6, 6.07) is 13.4. The van der Waals surface area contributed by atoms with E-state index in [1.807, 2.05) is 42.5 Å². The number of ether oxygens (including phenoxy) is 2. The quantitative estimate of drug-likeness (QED) is 0.821. The first kappa shape index (κ1) is 13.1. The number of rotatable bonds is 4. The molecule has 0 atom stereocenters. The van der Waals surface area contributed by atoms with Crippen molar-refractivity contribution in [2.24, 2.45) is 0 Å². The van der Waals surface area contributed by atoms with Crippen LogP contribution in [0.25, 0.3) is 0 Å². The summed E-state index contributed by atoms with van der Waals surface area (Å²) in [5.74, 6) is 1.64. The van der Waals surface area contributed by atoms with Gasteiger partial charge in [0.2, 0.25) is 0 Å². The fourth-order valence-corrected chi connectivity index (χ4v) is 2.57. The molecule has 0 spiro atoms. The molecular formula is C14H13ClO2S. The zero-order chi connectivity index (χ0) is 13.0. The van der Waals surface area contributed by atoms with Crippen molar-refractivity contribution in [2.75, 3.05) is 14.2 Å². The first-order chi connectivity index (χ1) is 8.72. The maximum atomic E-state index is 5.87. The number of benzene rings is 2. The molecule has 0 radical (unpaired) electrons. The maximum absolute atomic E-state index is 5.87. The Morgan fingerprint density at radius 3 is 2.28 bits per heavy atom. The van der Waals surface area contributed by atoms with Crippen LogP contribution in [0, 0.1) is 0 Å². The Bertz CT molecular complexity index is 526. The highest BCUT2D eigenvalue weighted by molar-refractivity contribution is 7.99. The molecule has 0 unspecified atom stereocenters. The summed E-state index contributed by atoms with van der Waals surface area (Å²) in [4.78, 5) is 2.12. The highest BCUT2D eigenvalue weighted by Crippen LogP contribution is 2.37. The maximum Gasteiger partial charge on any atom is 0.133 e. The lowest BCUT2D eigenvalue weighted by Gasteiger charge is -2.10. The van der Waals surface area contributed by atoms with E-state index in [0.29, 0.717) is 0 Å². The van der Waals surface area contributed by atoms with Crippen LogP contribution < -0.4 is 9.47 Å². The van der Waals surface area contributed by atoms with Crippen LogP contribution in [0.4, 0.5) is 0 Å². The number of methoxy groups -OCH3 is 2. The minimum Gasteiger partial charge on any atom is -0.497 e. The Morgan fingerprint density at radius 2 is 1.67 bits per heavy atom. The molecule has 2 aromatic rings. The lowest BCUT2D eigenvalue weighted by Crippen LogP contribution is -1.88. The fraction of sp³-hybridized carbons (Fsp3) is 0.143. The SMILES string of the molecule is COc1ccc(OC)c(Sc2ccc(Cl)cc2)c1. The molecule has 2 aromatic carbocycles. The molecule has 0 saturated carbocycles. The fourth-order valence-electron chi connectivity index (χ4n) is 1.49. The molecule has 0 aliphatic rings. The second-order valence-electron chi connectivity index (χ2n) is 3.57. The molecule has 94 valence electrons. The minimum atomic E-state index is 0.733. The molecular weight excluding hydrogens is 268 g/mol. The Morgan fingerprint density at radius 1 is 0.944 bits per heavy atom. The average molecular weight is 281 g/mol. The van der Waals surface area contributed by atoms with Crippen molar-refractivity contribution in [2.45, 2.75) is 9.79 Å². The topological polar surface area (TPSA) is 18.5 Å². The van der Waals surface area contributed by atoms with Crippen molar-refractivity contribution >= 4 is 23.4 Å². The van der Waals surface area contributed by atoms with Crippen LogP contribution in [0.2, 0.25) is 5.02 Å². The van der Waals surface area contributed by atoms with Gasteiger partial charge in [-0.3, -0.25) is 0 Å². The molecule has 0 fully saturated rings. The monoisotopic (exact) mass is 280 g/mol. The predicted molar refractivity (Wildman–Crippen MR) is 75.1 cm³/mol. The van der Waals surface area contributed by atoms with Gasteiger partial charge in [0.25, 0.3) is 0 Å². The Labute approximate surface area is 116 Å². The molecule has 0 aliphatic carbocycles. The van der Waals surface area contributed by atoms with E-state index in [-0.39, 0.29) is 0 Å². The number of hydrogen-bond donors (Lipinski definition) is 0. The van der Waals surface area contributed by atoms with Crippen molar-refractivity contribution in [3.05, 3.63) is 47.5 Å². The van der Waals surface area contributed by atoms with Crippen LogP contribution >= 0.6 is 23.4 Å². The molecule has 2 rings (SSSR count). The van der Waals surface area contributed by atoms with E-state index in [9.17, 15) is 0 Å². The molecule has 18 heavy (non-hydrogen) atoms. The van der Waals surface area contributed by atoms with E-state index < -0.39 is 0 Å². The van der Waals surface area contributed by atoms with Crippen LogP contribution in [0.5, 0.6) is 11.5 Å². The first-order valence-electron chi connectivity index (χ1n) is 5.38. The van der Waals surface area contributed by atoms with Gasteiger partial charge in [-0.2, -0.15) is 0 Å². The van der Waals surface area contributed by atoms with Gasteiger partial charge in [0.1, 0.15) is 11.5 Å². The molecule has 0 N–H and O–H groups in total. The third-order valence-corrected chi connectivity index (χ3v) is 3.71. The lowest BCUT2D eigenvalue weighted by atomic mass is 10.3. The van der Waals surface area contributed by atoms with Gasteiger partial charge in [0.05, 0.1) is 19.1 Å². The van der Waals surface area contributed by atoms with Crippen molar-refractivity contribution < 1.29 is 9.47 Å². The standard InChI is InChI=1S/C14H13ClO2S/c1-16-11-5-8-13(17-2)14(9-11)18-12-6-3-10(15)4-7-12/h3-9H,1-2H3. The highest BCUT2D eigenvalue weighted by Gasteiger charge is 2.07. The van der Waals surface area contributed by atoms with Crippen molar-refractivity contribution in [3.8, 4) is 11.5 Å². The van der Waals surface area contributed by atoms with Crippen LogP contribution in [0.1, 0.15) is 0 Å². The van der Waals surface area contributed by atoms with Crippen LogP contribution in [-0.4, -0.2) is 14.2 Å². The van der Waals surface area contributed by atoms with Crippen LogP contribution in [-0.2, 0) is 0 Å². The van der Waals surface area contributed by atoms with Gasteiger partial charge < -0.3 is 9.47 Å². The first-order valence-corrected chi connectivity index (χ1v) is 6.58. The molecule has 2 nitrogen and oxygen atoms in total. The number of halogens is 1. The van der Waals surface area contributed by atoms with Crippen molar-refractivity contribution in [1.29, 1.82) is 0 Å². The molecule has 0 aliphatic heterocycles. The molecule has 0 aromatic heterocycles. The normalized spacial score (nSPS) is 10.2. The van der Waals surface area contributed by atoms with Gasteiger partial charge in [-0.05, 0) is 42.5 Å². The Kier molecular flexibility index (Phi) is 4.39. The van der Waals surface area contributed by atoms with E-state index in [4.69, 9.17) is 21.1 Å². The third kappa shape index (κ3) is 3.12. The Hall–Kier alpha value is -1.32. The average Bonchev–Trinajstić information content (AvgIpc) is 2.41. The summed E-state index contributed by atoms with van der Waals surface area (Å²) in [7, 11) is 3.31. The van der Waals surface area contributed by atoms with Gasteiger partial charge >= 0.3 is 0 Å². The smallest absolute Gasteiger partial charge is 0.133 e. The zero-order valence-electron chi connectivity index (χ0n) is 10.1. The number of hydrogen-bond acceptors (Lipinski definition) is 3. The van der Waals surface area contributed by atoms with Crippen molar-refractivity contribution in [1.82, 2.24) is 0 Å². The summed E-state index contributed by atoms with van der Waals surface area (Å²) >= 11 is 7.48. The van der Waals surface area contributed by atoms with E-state index in [2.05, 4.69) is 0 Å². The van der Waals surface area contributed by atoms with Crippen molar-refractivity contribution in [3.63, 3.8) is 0 Å². The zero-order valence-corrected chi connectivity index (χ0v) is 11.7. The van der Waals surface area contributed by atoms with Crippen LogP contribution in [0.15, 0.2) is 52.3 Å². The molecule has 0 bridgehead atoms. The molecule has 0 saturated heterocycles. The van der Waals surface area contributed by atoms with Gasteiger partial charge in [-0.1, -0.05) is 23.4 Å². The second-order valence-corrected chi connectivity index (χ2v) is 5.12. The minimum absolute atomic E-state index is 0.733. The Balaban J connectivity index is 2.29. The van der Waals surface area contributed by atoms with E-state index in [1.54, 1.807) is 26.0 Å². The molecule has 0 amide bonds. The predicted octanol–water partition coefficient (Wildman–Crippen LogP) is 4.51. The van der Waals surface area contributed by atoms with E-state index in [0.717, 1.165) is 26.3 Å².